The summed E-state index contributed by atoms with van der Waals surface area (Å²) >= 11 is 0. The van der Waals surface area contributed by atoms with Crippen LogP contribution >= 0.6 is 0 Å². The molecule has 1 heterocycles. The number of rotatable bonds is 9. The Labute approximate surface area is 127 Å². The summed E-state index contributed by atoms with van der Waals surface area (Å²) in [6.07, 6.45) is 12.8. The van der Waals surface area contributed by atoms with Gasteiger partial charge in [-0.2, -0.15) is 0 Å². The number of hydrogen-bond acceptors (Lipinski definition) is 3. The summed E-state index contributed by atoms with van der Waals surface area (Å²) in [5, 5.41) is 2.43. The van der Waals surface area contributed by atoms with Crippen molar-refractivity contribution in [3.05, 3.63) is 42.2 Å². The third kappa shape index (κ3) is 4.51. The molecule has 0 bridgehead atoms. The lowest BCUT2D eigenvalue weighted by molar-refractivity contribution is 0.478. The number of unbranched alkanes of at least 4 members (excludes halogenated alkanes) is 5. The molecule has 0 radical (unpaired) electrons. The molecule has 2 rings (SSSR count). The van der Waals surface area contributed by atoms with Gasteiger partial charge in [0.15, 0.2) is 0 Å². The van der Waals surface area contributed by atoms with Crippen molar-refractivity contribution in [1.82, 2.24) is 10.4 Å². The van der Waals surface area contributed by atoms with Gasteiger partial charge >= 0.3 is 0 Å². The molecule has 1 aromatic carbocycles. The van der Waals surface area contributed by atoms with Gasteiger partial charge in [-0.1, -0.05) is 69.7 Å². The zero-order valence-electron chi connectivity index (χ0n) is 13.0. The Hall–Kier alpha value is -1.45. The van der Waals surface area contributed by atoms with E-state index in [-0.39, 0.29) is 6.04 Å². The van der Waals surface area contributed by atoms with Crippen LogP contribution in [0.3, 0.4) is 0 Å². The van der Waals surface area contributed by atoms with Crippen molar-refractivity contribution in [2.24, 2.45) is 5.84 Å². The molecule has 2 aromatic rings. The summed E-state index contributed by atoms with van der Waals surface area (Å²) in [4.78, 5) is 4.35. The summed E-state index contributed by atoms with van der Waals surface area (Å²) in [6, 6.07) is 8.56. The van der Waals surface area contributed by atoms with Gasteiger partial charge < -0.3 is 0 Å². The van der Waals surface area contributed by atoms with Gasteiger partial charge in [0.1, 0.15) is 0 Å². The number of nitrogens with zero attached hydrogens (tertiary/aromatic N) is 1. The van der Waals surface area contributed by atoms with Crippen LogP contribution in [-0.4, -0.2) is 4.98 Å². The molecule has 0 amide bonds. The minimum absolute atomic E-state index is 0.190. The molecule has 0 fully saturated rings. The number of hydrazine groups is 1. The van der Waals surface area contributed by atoms with Crippen LogP contribution in [0.25, 0.3) is 10.8 Å². The SMILES string of the molecule is CCCCCCCCC(NN)c1cncc2ccccc12. The van der Waals surface area contributed by atoms with Crippen molar-refractivity contribution in [2.75, 3.05) is 0 Å². The van der Waals surface area contributed by atoms with Crippen LogP contribution in [0.15, 0.2) is 36.7 Å². The molecular weight excluding hydrogens is 258 g/mol. The molecule has 0 aliphatic carbocycles. The number of nitrogens with one attached hydrogen (secondary N) is 1. The molecule has 0 saturated heterocycles. The van der Waals surface area contributed by atoms with E-state index in [0.29, 0.717) is 0 Å². The first-order valence-corrected chi connectivity index (χ1v) is 8.15. The van der Waals surface area contributed by atoms with E-state index < -0.39 is 0 Å². The smallest absolute Gasteiger partial charge is 0.0481 e. The first-order valence-electron chi connectivity index (χ1n) is 8.15. The normalized spacial score (nSPS) is 12.7. The van der Waals surface area contributed by atoms with E-state index in [1.54, 1.807) is 0 Å². The van der Waals surface area contributed by atoms with Gasteiger partial charge in [-0.3, -0.25) is 16.3 Å². The number of fused-ring (bicyclic) bond motifs is 1. The molecule has 0 aliphatic heterocycles. The zero-order chi connectivity index (χ0) is 14.9. The second-order valence-electron chi connectivity index (χ2n) is 5.73. The van der Waals surface area contributed by atoms with Gasteiger partial charge in [-0.05, 0) is 17.4 Å². The number of benzene rings is 1. The molecular formula is C18H27N3. The predicted octanol–water partition coefficient (Wildman–Crippen LogP) is 4.49. The highest BCUT2D eigenvalue weighted by Gasteiger charge is 2.12. The lowest BCUT2D eigenvalue weighted by Crippen LogP contribution is -2.28. The van der Waals surface area contributed by atoms with Crippen molar-refractivity contribution in [3.8, 4) is 0 Å². The highest BCUT2D eigenvalue weighted by Crippen LogP contribution is 2.26. The minimum atomic E-state index is 0.190. The molecule has 114 valence electrons. The van der Waals surface area contributed by atoms with E-state index in [9.17, 15) is 0 Å². The van der Waals surface area contributed by atoms with Gasteiger partial charge in [-0.25, -0.2) is 0 Å². The summed E-state index contributed by atoms with van der Waals surface area (Å²) in [5.41, 5.74) is 4.18. The number of nitrogens with two attached hydrogens (primary N) is 1. The average molecular weight is 285 g/mol. The van der Waals surface area contributed by atoms with Crippen LogP contribution in [0.4, 0.5) is 0 Å². The van der Waals surface area contributed by atoms with Crippen LogP contribution in [-0.2, 0) is 0 Å². The Balaban J connectivity index is 1.96. The molecule has 3 N–H and O–H groups in total. The van der Waals surface area contributed by atoms with E-state index in [1.165, 1.54) is 54.9 Å². The maximum Gasteiger partial charge on any atom is 0.0481 e. The summed E-state index contributed by atoms with van der Waals surface area (Å²) in [5.74, 6) is 5.78. The highest BCUT2D eigenvalue weighted by atomic mass is 15.2. The number of hydrogen-bond donors (Lipinski definition) is 2. The molecule has 0 saturated carbocycles. The van der Waals surface area contributed by atoms with E-state index >= 15 is 0 Å². The highest BCUT2D eigenvalue weighted by molar-refractivity contribution is 5.85. The Bertz CT molecular complexity index is 533. The topological polar surface area (TPSA) is 50.9 Å². The van der Waals surface area contributed by atoms with Crippen molar-refractivity contribution in [3.63, 3.8) is 0 Å². The van der Waals surface area contributed by atoms with E-state index in [2.05, 4.69) is 35.5 Å². The summed E-state index contributed by atoms with van der Waals surface area (Å²) < 4.78 is 0. The van der Waals surface area contributed by atoms with E-state index in [1.807, 2.05) is 18.5 Å². The predicted molar refractivity (Wildman–Crippen MR) is 89.8 cm³/mol. The van der Waals surface area contributed by atoms with Gasteiger partial charge in [0.2, 0.25) is 0 Å². The molecule has 1 atom stereocenters. The number of pyridine rings is 1. The van der Waals surface area contributed by atoms with Crippen molar-refractivity contribution < 1.29 is 0 Å². The Morgan fingerprint density at radius 3 is 2.62 bits per heavy atom. The van der Waals surface area contributed by atoms with E-state index in [0.717, 1.165) is 6.42 Å². The molecule has 3 nitrogen and oxygen atoms in total. The molecule has 1 aromatic heterocycles. The Morgan fingerprint density at radius 1 is 1.05 bits per heavy atom. The summed E-state index contributed by atoms with van der Waals surface area (Å²) in [7, 11) is 0. The fourth-order valence-corrected chi connectivity index (χ4v) is 2.87. The van der Waals surface area contributed by atoms with Gasteiger partial charge in [0.05, 0.1) is 0 Å². The third-order valence-electron chi connectivity index (χ3n) is 4.12. The Kier molecular flexibility index (Phi) is 6.64. The monoisotopic (exact) mass is 285 g/mol. The first-order chi connectivity index (χ1) is 10.4. The number of aromatic nitrogens is 1. The molecule has 21 heavy (non-hydrogen) atoms. The Morgan fingerprint density at radius 2 is 1.81 bits per heavy atom. The quantitative estimate of drug-likeness (QED) is 0.405. The van der Waals surface area contributed by atoms with Crippen LogP contribution in [0.2, 0.25) is 0 Å². The third-order valence-corrected chi connectivity index (χ3v) is 4.12. The van der Waals surface area contributed by atoms with E-state index in [4.69, 9.17) is 5.84 Å². The molecule has 0 aliphatic rings. The van der Waals surface area contributed by atoms with Gasteiger partial charge in [0.25, 0.3) is 0 Å². The lowest BCUT2D eigenvalue weighted by atomic mass is 9.97. The largest absolute Gasteiger partial charge is 0.271 e. The summed E-state index contributed by atoms with van der Waals surface area (Å²) in [6.45, 7) is 2.25. The second kappa shape index (κ2) is 8.75. The van der Waals surface area contributed by atoms with Crippen LogP contribution in [0.5, 0.6) is 0 Å². The van der Waals surface area contributed by atoms with Crippen molar-refractivity contribution in [1.29, 1.82) is 0 Å². The lowest BCUT2D eigenvalue weighted by Gasteiger charge is -2.18. The van der Waals surface area contributed by atoms with Crippen molar-refractivity contribution in [2.45, 2.75) is 57.9 Å². The van der Waals surface area contributed by atoms with Gasteiger partial charge in [0, 0.05) is 23.8 Å². The maximum atomic E-state index is 5.78. The van der Waals surface area contributed by atoms with Crippen LogP contribution in [0, 0.1) is 0 Å². The van der Waals surface area contributed by atoms with Gasteiger partial charge in [-0.15, -0.1) is 0 Å². The molecule has 0 spiro atoms. The zero-order valence-corrected chi connectivity index (χ0v) is 13.0. The molecule has 3 heteroatoms. The maximum absolute atomic E-state index is 5.78. The van der Waals surface area contributed by atoms with Crippen LogP contribution < -0.4 is 11.3 Å². The average Bonchev–Trinajstić information content (AvgIpc) is 2.54. The molecule has 1 unspecified atom stereocenters. The first kappa shape index (κ1) is 15.9. The second-order valence-corrected chi connectivity index (χ2v) is 5.73. The fourth-order valence-electron chi connectivity index (χ4n) is 2.87. The standard InChI is InChI=1S/C18H27N3/c1-2-3-4-5-6-7-12-18(21-19)17-14-20-13-15-10-8-9-11-16(15)17/h8-11,13-14,18,21H,2-7,12,19H2,1H3. The minimum Gasteiger partial charge on any atom is -0.271 e. The van der Waals surface area contributed by atoms with Crippen LogP contribution in [0.1, 0.15) is 63.5 Å². The van der Waals surface area contributed by atoms with Crippen molar-refractivity contribution >= 4 is 10.8 Å². The fraction of sp³-hybridized carbons (Fsp3) is 0.500.